The lowest BCUT2D eigenvalue weighted by Gasteiger charge is -2.30. The van der Waals surface area contributed by atoms with E-state index in [1.54, 1.807) is 0 Å². The Morgan fingerprint density at radius 1 is 0.611 bits per heavy atom. The Morgan fingerprint density at radius 2 is 0.944 bits per heavy atom. The molecule has 0 radical (unpaired) electrons. The molecule has 2 heteroatoms. The first-order valence-corrected chi connectivity index (χ1v) is 8.13. The SMILES string of the molecule is O[C@H](CC[C@@H](O)C1CCCCC1)C1CCCCC1. The molecule has 2 N–H and O–H groups in total. The molecule has 0 spiro atoms. The largest absolute Gasteiger partial charge is 0.393 e. The molecule has 2 rings (SSSR count). The Labute approximate surface area is 112 Å². The first-order chi connectivity index (χ1) is 8.77. The Hall–Kier alpha value is -0.0800. The molecule has 106 valence electrons. The highest BCUT2D eigenvalue weighted by Crippen LogP contribution is 2.31. The molecular weight excluding hydrogens is 224 g/mol. The van der Waals surface area contributed by atoms with Gasteiger partial charge in [0, 0.05) is 0 Å². The van der Waals surface area contributed by atoms with Gasteiger partial charge in [-0.05, 0) is 50.4 Å². The molecular formula is C16H30O2. The summed E-state index contributed by atoms with van der Waals surface area (Å²) in [5, 5.41) is 20.4. The monoisotopic (exact) mass is 254 g/mol. The van der Waals surface area contributed by atoms with Crippen LogP contribution in [-0.2, 0) is 0 Å². The summed E-state index contributed by atoms with van der Waals surface area (Å²) in [6.45, 7) is 0. The zero-order chi connectivity index (χ0) is 12.8. The molecule has 0 amide bonds. The predicted octanol–water partition coefficient (Wildman–Crippen LogP) is 3.65. The molecule has 2 fully saturated rings. The third-order valence-electron chi connectivity index (χ3n) is 5.15. The molecule has 0 saturated heterocycles. The highest BCUT2D eigenvalue weighted by molar-refractivity contribution is 4.77. The van der Waals surface area contributed by atoms with Crippen molar-refractivity contribution < 1.29 is 10.2 Å². The van der Waals surface area contributed by atoms with E-state index in [2.05, 4.69) is 0 Å². The van der Waals surface area contributed by atoms with Crippen molar-refractivity contribution in [2.75, 3.05) is 0 Å². The van der Waals surface area contributed by atoms with E-state index in [1.807, 2.05) is 0 Å². The predicted molar refractivity (Wildman–Crippen MR) is 74.4 cm³/mol. The van der Waals surface area contributed by atoms with E-state index in [-0.39, 0.29) is 12.2 Å². The van der Waals surface area contributed by atoms with E-state index in [9.17, 15) is 10.2 Å². The number of aliphatic hydroxyl groups is 2. The second-order valence-electron chi connectivity index (χ2n) is 6.51. The van der Waals surface area contributed by atoms with Gasteiger partial charge in [0.25, 0.3) is 0 Å². The van der Waals surface area contributed by atoms with Gasteiger partial charge in [-0.1, -0.05) is 38.5 Å². The van der Waals surface area contributed by atoms with Gasteiger partial charge in [0.15, 0.2) is 0 Å². The van der Waals surface area contributed by atoms with Crippen molar-refractivity contribution in [3.63, 3.8) is 0 Å². The number of hydrogen-bond acceptors (Lipinski definition) is 2. The van der Waals surface area contributed by atoms with Crippen molar-refractivity contribution in [1.82, 2.24) is 0 Å². The minimum atomic E-state index is -0.163. The normalized spacial score (nSPS) is 27.0. The smallest absolute Gasteiger partial charge is 0.0569 e. The van der Waals surface area contributed by atoms with E-state index in [0.717, 1.165) is 12.8 Å². The summed E-state index contributed by atoms with van der Waals surface area (Å²) >= 11 is 0. The van der Waals surface area contributed by atoms with E-state index in [1.165, 1.54) is 64.2 Å². The molecule has 0 unspecified atom stereocenters. The quantitative estimate of drug-likeness (QED) is 0.786. The minimum Gasteiger partial charge on any atom is -0.393 e. The van der Waals surface area contributed by atoms with Gasteiger partial charge in [-0.3, -0.25) is 0 Å². The van der Waals surface area contributed by atoms with Crippen molar-refractivity contribution in [3.8, 4) is 0 Å². The molecule has 18 heavy (non-hydrogen) atoms. The summed E-state index contributed by atoms with van der Waals surface area (Å²) in [7, 11) is 0. The zero-order valence-electron chi connectivity index (χ0n) is 11.7. The molecule has 0 bridgehead atoms. The number of rotatable bonds is 5. The fraction of sp³-hybridized carbons (Fsp3) is 1.00. The van der Waals surface area contributed by atoms with Crippen LogP contribution in [0.25, 0.3) is 0 Å². The third kappa shape index (κ3) is 4.24. The van der Waals surface area contributed by atoms with Crippen molar-refractivity contribution in [2.24, 2.45) is 11.8 Å². The Morgan fingerprint density at radius 3 is 1.28 bits per heavy atom. The number of hydrogen-bond donors (Lipinski definition) is 2. The maximum absolute atomic E-state index is 10.2. The molecule has 0 aromatic rings. The lowest BCUT2D eigenvalue weighted by Crippen LogP contribution is -2.27. The average Bonchev–Trinajstić information content (AvgIpc) is 2.46. The van der Waals surface area contributed by atoms with Crippen molar-refractivity contribution >= 4 is 0 Å². The lowest BCUT2D eigenvalue weighted by atomic mass is 9.80. The second-order valence-corrected chi connectivity index (χ2v) is 6.51. The van der Waals surface area contributed by atoms with Crippen LogP contribution >= 0.6 is 0 Å². The van der Waals surface area contributed by atoms with Crippen molar-refractivity contribution in [3.05, 3.63) is 0 Å². The van der Waals surface area contributed by atoms with Gasteiger partial charge in [-0.15, -0.1) is 0 Å². The maximum Gasteiger partial charge on any atom is 0.0569 e. The molecule has 0 aliphatic heterocycles. The van der Waals surface area contributed by atoms with Crippen LogP contribution in [0, 0.1) is 11.8 Å². The summed E-state index contributed by atoms with van der Waals surface area (Å²) in [5.74, 6) is 1.02. The van der Waals surface area contributed by atoms with Crippen LogP contribution in [0.4, 0.5) is 0 Å². The lowest BCUT2D eigenvalue weighted by molar-refractivity contribution is 0.0341. The average molecular weight is 254 g/mol. The van der Waals surface area contributed by atoms with Crippen LogP contribution < -0.4 is 0 Å². The topological polar surface area (TPSA) is 40.5 Å². The van der Waals surface area contributed by atoms with Crippen LogP contribution in [0.5, 0.6) is 0 Å². The molecule has 2 aliphatic rings. The van der Waals surface area contributed by atoms with Crippen LogP contribution in [-0.4, -0.2) is 22.4 Å². The highest BCUT2D eigenvalue weighted by atomic mass is 16.3. The maximum atomic E-state index is 10.2. The van der Waals surface area contributed by atoms with E-state index in [0.29, 0.717) is 11.8 Å². The summed E-state index contributed by atoms with van der Waals surface area (Å²) < 4.78 is 0. The van der Waals surface area contributed by atoms with Crippen molar-refractivity contribution in [2.45, 2.75) is 89.3 Å². The molecule has 2 atom stereocenters. The molecule has 2 saturated carbocycles. The summed E-state index contributed by atoms with van der Waals surface area (Å²) in [4.78, 5) is 0. The third-order valence-corrected chi connectivity index (χ3v) is 5.15. The summed E-state index contributed by atoms with van der Waals surface area (Å²) in [6, 6.07) is 0. The fourth-order valence-corrected chi connectivity index (χ4v) is 3.85. The minimum absolute atomic E-state index is 0.163. The Balaban J connectivity index is 1.66. The second kappa shape index (κ2) is 7.49. The standard InChI is InChI=1S/C16H30O2/c17-15(13-7-3-1-4-8-13)11-12-16(18)14-9-5-2-6-10-14/h13-18H,1-12H2/t15-,16-/m1/s1. The molecule has 0 heterocycles. The molecule has 0 aromatic heterocycles. The van der Waals surface area contributed by atoms with E-state index in [4.69, 9.17) is 0 Å². The molecule has 2 nitrogen and oxygen atoms in total. The van der Waals surface area contributed by atoms with Crippen LogP contribution in [0.1, 0.15) is 77.0 Å². The van der Waals surface area contributed by atoms with E-state index >= 15 is 0 Å². The van der Waals surface area contributed by atoms with Gasteiger partial charge in [0.1, 0.15) is 0 Å². The summed E-state index contributed by atoms with van der Waals surface area (Å²) in [5.41, 5.74) is 0. The first kappa shape index (κ1) is 14.3. The van der Waals surface area contributed by atoms with Crippen LogP contribution in [0.2, 0.25) is 0 Å². The zero-order valence-corrected chi connectivity index (χ0v) is 11.7. The van der Waals surface area contributed by atoms with Gasteiger partial charge in [-0.2, -0.15) is 0 Å². The number of aliphatic hydroxyl groups excluding tert-OH is 2. The van der Waals surface area contributed by atoms with E-state index < -0.39 is 0 Å². The van der Waals surface area contributed by atoms with Gasteiger partial charge < -0.3 is 10.2 Å². The fourth-order valence-electron chi connectivity index (χ4n) is 3.85. The molecule has 0 aromatic carbocycles. The first-order valence-electron chi connectivity index (χ1n) is 8.13. The van der Waals surface area contributed by atoms with Crippen LogP contribution in [0.3, 0.4) is 0 Å². The van der Waals surface area contributed by atoms with Gasteiger partial charge in [-0.25, -0.2) is 0 Å². The Kier molecular flexibility index (Phi) is 5.97. The summed E-state index contributed by atoms with van der Waals surface area (Å²) in [6.07, 6.45) is 13.9. The van der Waals surface area contributed by atoms with Crippen LogP contribution in [0.15, 0.2) is 0 Å². The highest BCUT2D eigenvalue weighted by Gasteiger charge is 2.25. The van der Waals surface area contributed by atoms with Crippen molar-refractivity contribution in [1.29, 1.82) is 0 Å². The van der Waals surface area contributed by atoms with Gasteiger partial charge in [0.2, 0.25) is 0 Å². The van der Waals surface area contributed by atoms with Gasteiger partial charge >= 0.3 is 0 Å². The Bertz CT molecular complexity index is 193. The van der Waals surface area contributed by atoms with Gasteiger partial charge in [0.05, 0.1) is 12.2 Å². The molecule has 2 aliphatic carbocycles.